The van der Waals surface area contributed by atoms with Crippen molar-refractivity contribution in [2.24, 2.45) is 0 Å². The van der Waals surface area contributed by atoms with Gasteiger partial charge in [-0.2, -0.15) is 26.3 Å². The molecule has 1 heterocycles. The first-order valence-electron chi connectivity index (χ1n) is 12.0. The topological polar surface area (TPSA) is 93.3 Å². The van der Waals surface area contributed by atoms with Crippen LogP contribution in [0.1, 0.15) is 11.1 Å². The van der Waals surface area contributed by atoms with E-state index in [1.165, 1.54) is 7.11 Å². The monoisotopic (exact) mass is 631 g/mol. The number of aromatic amines is 1. The van der Waals surface area contributed by atoms with Gasteiger partial charge in [0.05, 0.1) is 41.6 Å². The number of thioether (sulfide) groups is 1. The van der Waals surface area contributed by atoms with Gasteiger partial charge in [0, 0.05) is 23.4 Å². The van der Waals surface area contributed by atoms with Crippen molar-refractivity contribution in [3.8, 4) is 34.0 Å². The Bertz CT molecular complexity index is 1540. The number of aromatic nitrogens is 2. The number of nitrogens with one attached hydrogen (secondary N) is 2. The van der Waals surface area contributed by atoms with Crippen LogP contribution in [0.3, 0.4) is 0 Å². The molecular formula is C27H23F6N3O4S2. The second-order valence-electron chi connectivity index (χ2n) is 8.71. The standard InChI is InChI=1S/C27H23F6N3O4S2/c1-39-20-7-3-16(4-8-20)23-24(17-5-9-21(40-2)10-6-17)36-25(35-23)41-12-11-34-42(37,38)22-14-18(26(28,29)30)13-19(15-22)27(31,32)33/h3-10,13-15,34H,11-12H2,1-2H3,(H,35,36). The lowest BCUT2D eigenvalue weighted by atomic mass is 10.0. The summed E-state index contributed by atoms with van der Waals surface area (Å²) in [5.41, 5.74) is -0.647. The van der Waals surface area contributed by atoms with Crippen molar-refractivity contribution in [3.05, 3.63) is 77.9 Å². The summed E-state index contributed by atoms with van der Waals surface area (Å²) in [7, 11) is -1.62. The third-order valence-corrected chi connectivity index (χ3v) is 8.24. The van der Waals surface area contributed by atoms with Crippen LogP contribution >= 0.6 is 11.8 Å². The Morgan fingerprint density at radius 3 is 1.79 bits per heavy atom. The quantitative estimate of drug-likeness (QED) is 0.113. The number of benzene rings is 3. The predicted octanol–water partition coefficient (Wildman–Crippen LogP) is 6.87. The summed E-state index contributed by atoms with van der Waals surface area (Å²) in [5.74, 6) is 1.35. The maximum atomic E-state index is 13.2. The first-order chi connectivity index (χ1) is 19.7. The number of ether oxygens (including phenoxy) is 2. The van der Waals surface area contributed by atoms with Gasteiger partial charge in [-0.15, -0.1) is 0 Å². The molecule has 0 bridgehead atoms. The van der Waals surface area contributed by atoms with Gasteiger partial charge in [0.1, 0.15) is 11.5 Å². The molecule has 7 nitrogen and oxygen atoms in total. The first-order valence-corrected chi connectivity index (χ1v) is 14.5. The van der Waals surface area contributed by atoms with Crippen molar-refractivity contribution in [3.63, 3.8) is 0 Å². The summed E-state index contributed by atoms with van der Waals surface area (Å²) in [6.07, 6.45) is -10.4. The Morgan fingerprint density at radius 1 is 0.810 bits per heavy atom. The molecule has 1 aromatic heterocycles. The fourth-order valence-electron chi connectivity index (χ4n) is 3.83. The lowest BCUT2D eigenvalue weighted by molar-refractivity contribution is -0.143. The van der Waals surface area contributed by atoms with Crippen LogP contribution in [0.25, 0.3) is 22.5 Å². The number of hydrogen-bond acceptors (Lipinski definition) is 6. The zero-order valence-corrected chi connectivity index (χ0v) is 23.6. The highest BCUT2D eigenvalue weighted by molar-refractivity contribution is 7.99. The van der Waals surface area contributed by atoms with E-state index in [1.54, 1.807) is 31.4 Å². The van der Waals surface area contributed by atoms with E-state index in [9.17, 15) is 34.8 Å². The largest absolute Gasteiger partial charge is 0.497 e. The Balaban J connectivity index is 1.53. The van der Waals surface area contributed by atoms with Gasteiger partial charge >= 0.3 is 12.4 Å². The fraction of sp³-hybridized carbons (Fsp3) is 0.222. The van der Waals surface area contributed by atoms with E-state index in [4.69, 9.17) is 9.47 Å². The summed E-state index contributed by atoms with van der Waals surface area (Å²) >= 11 is 1.11. The van der Waals surface area contributed by atoms with E-state index in [1.807, 2.05) is 24.3 Å². The number of halogens is 6. The van der Waals surface area contributed by atoms with Crippen molar-refractivity contribution < 1.29 is 44.2 Å². The van der Waals surface area contributed by atoms with Crippen LogP contribution in [0.15, 0.2) is 76.8 Å². The van der Waals surface area contributed by atoms with Crippen molar-refractivity contribution in [1.29, 1.82) is 0 Å². The number of imidazole rings is 1. The van der Waals surface area contributed by atoms with Gasteiger partial charge in [0.15, 0.2) is 5.16 Å². The van der Waals surface area contributed by atoms with E-state index in [0.717, 1.165) is 22.9 Å². The highest BCUT2D eigenvalue weighted by Gasteiger charge is 2.38. The number of methoxy groups -OCH3 is 2. The molecule has 0 saturated carbocycles. The third kappa shape index (κ3) is 7.38. The van der Waals surface area contributed by atoms with Crippen LogP contribution in [0.2, 0.25) is 0 Å². The van der Waals surface area contributed by atoms with Gasteiger partial charge in [-0.25, -0.2) is 18.1 Å². The SMILES string of the molecule is COc1ccc(-c2nc(SCCNS(=O)(=O)c3cc(C(F)(F)F)cc(C(F)(F)F)c3)[nH]c2-c2ccc(OC)cc2)cc1. The van der Waals surface area contributed by atoms with E-state index in [-0.39, 0.29) is 30.5 Å². The zero-order valence-electron chi connectivity index (χ0n) is 21.9. The molecule has 4 rings (SSSR count). The second-order valence-corrected chi connectivity index (χ2v) is 11.6. The van der Waals surface area contributed by atoms with Gasteiger partial charge in [-0.1, -0.05) is 11.8 Å². The molecule has 0 aliphatic carbocycles. The summed E-state index contributed by atoms with van der Waals surface area (Å²) in [4.78, 5) is 6.68. The molecule has 0 atom stereocenters. The van der Waals surface area contributed by atoms with Gasteiger partial charge in [0.2, 0.25) is 10.0 Å². The molecule has 4 aromatic rings. The molecular weight excluding hydrogens is 608 g/mol. The average molecular weight is 632 g/mol. The van der Waals surface area contributed by atoms with Gasteiger partial charge in [-0.3, -0.25) is 0 Å². The Labute approximate surface area is 241 Å². The lowest BCUT2D eigenvalue weighted by Gasteiger charge is -2.14. The number of nitrogens with zero attached hydrogens (tertiary/aromatic N) is 1. The van der Waals surface area contributed by atoms with E-state index < -0.39 is 38.4 Å². The minimum absolute atomic E-state index is 0.0575. The molecule has 0 fully saturated rings. The Morgan fingerprint density at radius 2 is 1.31 bits per heavy atom. The molecule has 15 heteroatoms. The number of sulfonamides is 1. The van der Waals surface area contributed by atoms with E-state index in [0.29, 0.717) is 28.0 Å². The predicted molar refractivity (Wildman–Crippen MR) is 145 cm³/mol. The molecule has 0 aliphatic heterocycles. The van der Waals surface area contributed by atoms with Crippen molar-refractivity contribution in [1.82, 2.24) is 14.7 Å². The summed E-state index contributed by atoms with van der Waals surface area (Å²) in [6, 6.07) is 14.6. The molecule has 0 spiro atoms. The summed E-state index contributed by atoms with van der Waals surface area (Å²) in [6.45, 7) is -0.305. The molecule has 0 saturated heterocycles. The molecule has 0 radical (unpaired) electrons. The molecule has 3 aromatic carbocycles. The maximum absolute atomic E-state index is 13.2. The molecule has 224 valence electrons. The first kappa shape index (κ1) is 31.3. The van der Waals surface area contributed by atoms with Crippen LogP contribution < -0.4 is 14.2 Å². The molecule has 42 heavy (non-hydrogen) atoms. The summed E-state index contributed by atoms with van der Waals surface area (Å²) in [5, 5.41) is 0.407. The number of hydrogen-bond donors (Lipinski definition) is 2. The Kier molecular flexibility index (Phi) is 9.13. The zero-order chi connectivity index (χ0) is 30.7. The molecule has 0 aliphatic rings. The maximum Gasteiger partial charge on any atom is 0.416 e. The van der Waals surface area contributed by atoms with Crippen LogP contribution in [0, 0.1) is 0 Å². The normalized spacial score (nSPS) is 12.4. The third-order valence-electron chi connectivity index (χ3n) is 5.93. The Hall–Kier alpha value is -3.69. The smallest absolute Gasteiger partial charge is 0.416 e. The minimum Gasteiger partial charge on any atom is -0.497 e. The molecule has 0 unspecified atom stereocenters. The van der Waals surface area contributed by atoms with Gasteiger partial charge < -0.3 is 14.5 Å². The van der Waals surface area contributed by atoms with Crippen molar-refractivity contribution >= 4 is 21.8 Å². The van der Waals surface area contributed by atoms with Gasteiger partial charge in [0.25, 0.3) is 0 Å². The van der Waals surface area contributed by atoms with Crippen LogP contribution in [0.4, 0.5) is 26.3 Å². The van der Waals surface area contributed by atoms with Gasteiger partial charge in [-0.05, 0) is 66.7 Å². The number of alkyl halides is 6. The second kappa shape index (κ2) is 12.3. The minimum atomic E-state index is -5.18. The van der Waals surface area contributed by atoms with E-state index >= 15 is 0 Å². The fourth-order valence-corrected chi connectivity index (χ4v) is 5.79. The number of H-pyrrole nitrogens is 1. The molecule has 2 N–H and O–H groups in total. The van der Waals surface area contributed by atoms with Crippen LogP contribution in [-0.2, 0) is 22.4 Å². The highest BCUT2D eigenvalue weighted by atomic mass is 32.2. The average Bonchev–Trinajstić information content (AvgIpc) is 3.38. The number of rotatable bonds is 10. The highest BCUT2D eigenvalue weighted by Crippen LogP contribution is 2.38. The van der Waals surface area contributed by atoms with E-state index in [2.05, 4.69) is 14.7 Å². The lowest BCUT2D eigenvalue weighted by Crippen LogP contribution is -2.27. The van der Waals surface area contributed by atoms with Crippen molar-refractivity contribution in [2.45, 2.75) is 22.4 Å². The van der Waals surface area contributed by atoms with Crippen LogP contribution in [-0.4, -0.2) is 44.9 Å². The van der Waals surface area contributed by atoms with Crippen molar-refractivity contribution in [2.75, 3.05) is 26.5 Å². The summed E-state index contributed by atoms with van der Waals surface area (Å²) < 4.78 is 117. The van der Waals surface area contributed by atoms with Crippen LogP contribution in [0.5, 0.6) is 11.5 Å². The molecule has 0 amide bonds.